The lowest BCUT2D eigenvalue weighted by atomic mass is 9.83. The van der Waals surface area contributed by atoms with Gasteiger partial charge in [-0.1, -0.05) is 29.8 Å². The molecule has 162 valence electrons. The third-order valence-electron chi connectivity index (χ3n) is 5.35. The molecule has 0 saturated carbocycles. The van der Waals surface area contributed by atoms with Crippen LogP contribution in [0.25, 0.3) is 0 Å². The molecule has 0 spiro atoms. The molecular weight excluding hydrogens is 412 g/mol. The zero-order chi connectivity index (χ0) is 29.3. The van der Waals surface area contributed by atoms with Gasteiger partial charge in [-0.25, -0.2) is 0 Å². The van der Waals surface area contributed by atoms with Crippen molar-refractivity contribution in [3.63, 3.8) is 0 Å². The number of rotatable bonds is 6. The summed E-state index contributed by atoms with van der Waals surface area (Å²) in [6, 6.07) is 1.31. The van der Waals surface area contributed by atoms with Gasteiger partial charge in [-0.2, -0.15) is 0 Å². The highest BCUT2D eigenvalue weighted by molar-refractivity contribution is 6.31. The van der Waals surface area contributed by atoms with E-state index in [1.54, 1.807) is 0 Å². The van der Waals surface area contributed by atoms with Crippen LogP contribution >= 0.6 is 11.6 Å². The molecule has 0 aliphatic carbocycles. The van der Waals surface area contributed by atoms with Crippen molar-refractivity contribution in [1.82, 2.24) is 0 Å². The van der Waals surface area contributed by atoms with Crippen molar-refractivity contribution in [2.75, 3.05) is 19.8 Å². The lowest BCUT2D eigenvalue weighted by molar-refractivity contribution is -0.329. The lowest BCUT2D eigenvalue weighted by Gasteiger charge is -2.46. The first-order chi connectivity index (χ1) is 17.9. The van der Waals surface area contributed by atoms with Crippen LogP contribution in [0.4, 0.5) is 0 Å². The van der Waals surface area contributed by atoms with Crippen LogP contribution in [0.2, 0.25) is 5.02 Å². The Morgan fingerprint density at radius 1 is 1.27 bits per heavy atom. The maximum absolute atomic E-state index is 10.8. The molecule has 0 amide bonds. The average Bonchev–Trinajstić information content (AvgIpc) is 3.26. The monoisotopic (exact) mass is 445 g/mol. The third kappa shape index (κ3) is 3.40. The van der Waals surface area contributed by atoms with Crippen LogP contribution in [-0.2, 0) is 21.7 Å². The Kier molecular flexibility index (Phi) is 3.50. The summed E-state index contributed by atoms with van der Waals surface area (Å²) in [5, 5.41) is 41.5. The van der Waals surface area contributed by atoms with Gasteiger partial charge < -0.3 is 34.6 Å². The van der Waals surface area contributed by atoms with Crippen molar-refractivity contribution in [1.29, 1.82) is 0 Å². The fourth-order valence-corrected chi connectivity index (χ4v) is 3.89. The quantitative estimate of drug-likeness (QED) is 0.531. The van der Waals surface area contributed by atoms with E-state index in [9.17, 15) is 20.4 Å². The Hall–Kier alpha value is -1.71. The number of aliphatic hydroxyl groups excluding tert-OH is 4. The number of hydrogen-bond acceptors (Lipinski definition) is 7. The van der Waals surface area contributed by atoms with Crippen molar-refractivity contribution in [2.24, 2.45) is 0 Å². The van der Waals surface area contributed by atoms with Crippen molar-refractivity contribution in [3.8, 4) is 5.75 Å². The molecule has 2 saturated heterocycles. The molecule has 0 unspecified atom stereocenters. The van der Waals surface area contributed by atoms with Crippen LogP contribution in [0.1, 0.15) is 35.9 Å². The van der Waals surface area contributed by atoms with E-state index in [-0.39, 0.29) is 34.7 Å². The minimum atomic E-state index is -3.29. The standard InChI is InChI=1S/C22H25ClO7/c1-2-28-16-6-3-13(4-7-16)9-14-10-15(5-8-17(14)23)22-20(27)18(25)19(26)21(11-24,30-22)12-29-22/h3-8,10,18-20,24-27H,2,9,11-12H2,1H3/t18-,19-,20+,21-,22-/m0/s1/i1D3,2D2,3D,4D,6D,7D. The first-order valence-corrected chi connectivity index (χ1v) is 9.36. The Labute approximate surface area is 192 Å². The number of aliphatic hydroxyl groups is 4. The van der Waals surface area contributed by atoms with Crippen molar-refractivity contribution in [3.05, 3.63) is 64.1 Å². The van der Waals surface area contributed by atoms with Gasteiger partial charge in [0.2, 0.25) is 5.79 Å². The SMILES string of the molecule is [2H]c1c([2H])c(OC([2H])([2H])C([2H])([2H])[2H])c([2H])c([2H])c1Cc1cc([C@]23OC[C@](CO)(O2)[C@@H](O)[C@H](O)[C@H]3O)ccc1Cl. The van der Waals surface area contributed by atoms with Gasteiger partial charge in [0.15, 0.2) is 0 Å². The first kappa shape index (κ1) is 13.0. The van der Waals surface area contributed by atoms with E-state index in [0.29, 0.717) is 0 Å². The Bertz CT molecular complexity index is 1260. The van der Waals surface area contributed by atoms with Gasteiger partial charge >= 0.3 is 0 Å². The Balaban J connectivity index is 1.75. The van der Waals surface area contributed by atoms with E-state index in [4.69, 9.17) is 38.1 Å². The summed E-state index contributed by atoms with van der Waals surface area (Å²) in [6.07, 6.45) is -5.49. The third-order valence-corrected chi connectivity index (χ3v) is 5.72. The van der Waals surface area contributed by atoms with E-state index < -0.39 is 79.6 Å². The lowest BCUT2D eigenvalue weighted by Crippen LogP contribution is -2.65. The van der Waals surface area contributed by atoms with Crippen LogP contribution in [0.15, 0.2) is 42.4 Å². The summed E-state index contributed by atoms with van der Waals surface area (Å²) in [5.41, 5.74) is -1.55. The zero-order valence-corrected chi connectivity index (χ0v) is 16.2. The normalized spacial score (nSPS) is 38.2. The van der Waals surface area contributed by atoms with Gasteiger partial charge in [-0.15, -0.1) is 0 Å². The minimum absolute atomic E-state index is 0.114. The van der Waals surface area contributed by atoms with Crippen LogP contribution in [0, 0.1) is 0 Å². The molecule has 2 aromatic carbocycles. The number of halogens is 1. The fourth-order valence-electron chi connectivity index (χ4n) is 3.71. The molecule has 30 heavy (non-hydrogen) atoms. The van der Waals surface area contributed by atoms with Gasteiger partial charge in [-0.3, -0.25) is 0 Å². The van der Waals surface area contributed by atoms with Gasteiger partial charge in [0.05, 0.1) is 28.0 Å². The molecule has 5 atom stereocenters. The summed E-state index contributed by atoms with van der Waals surface area (Å²) in [6.45, 7) is -7.65. The van der Waals surface area contributed by atoms with Crippen LogP contribution in [-0.4, -0.2) is 64.1 Å². The smallest absolute Gasteiger partial charge is 0.225 e. The molecule has 2 heterocycles. The summed E-state index contributed by atoms with van der Waals surface area (Å²) < 4.78 is 86.5. The van der Waals surface area contributed by atoms with E-state index >= 15 is 0 Å². The topological polar surface area (TPSA) is 109 Å². The van der Waals surface area contributed by atoms with E-state index in [1.165, 1.54) is 18.2 Å². The number of ether oxygens (including phenoxy) is 3. The van der Waals surface area contributed by atoms with Gasteiger partial charge in [-0.05, 0) is 48.6 Å². The highest BCUT2D eigenvalue weighted by atomic mass is 35.5. The largest absolute Gasteiger partial charge is 0.494 e. The molecule has 4 N–H and O–H groups in total. The van der Waals surface area contributed by atoms with Crippen LogP contribution in [0.3, 0.4) is 0 Å². The number of benzene rings is 2. The molecule has 8 heteroatoms. The van der Waals surface area contributed by atoms with Gasteiger partial charge in [0, 0.05) is 14.7 Å². The van der Waals surface area contributed by atoms with Crippen LogP contribution in [0.5, 0.6) is 5.75 Å². The van der Waals surface area contributed by atoms with E-state index in [2.05, 4.69) is 0 Å². The molecule has 0 radical (unpaired) electrons. The Morgan fingerprint density at radius 3 is 2.73 bits per heavy atom. The maximum Gasteiger partial charge on any atom is 0.225 e. The maximum atomic E-state index is 10.8. The van der Waals surface area contributed by atoms with Crippen molar-refractivity contribution < 1.29 is 47.0 Å². The predicted octanol–water partition coefficient (Wildman–Crippen LogP) is 1.36. The second kappa shape index (κ2) is 8.09. The molecule has 2 bridgehead atoms. The summed E-state index contributed by atoms with van der Waals surface area (Å²) >= 11 is 6.35. The second-order valence-corrected chi connectivity index (χ2v) is 7.56. The average molecular weight is 446 g/mol. The van der Waals surface area contributed by atoms with E-state index in [0.717, 1.165) is 0 Å². The highest BCUT2D eigenvalue weighted by Gasteiger charge is 2.67. The second-order valence-electron chi connectivity index (χ2n) is 7.16. The molecule has 2 fully saturated rings. The summed E-state index contributed by atoms with van der Waals surface area (Å²) in [7, 11) is 0. The molecule has 0 aromatic heterocycles. The number of fused-ring (bicyclic) bond motifs is 2. The van der Waals surface area contributed by atoms with Crippen LogP contribution < -0.4 is 4.74 Å². The minimum Gasteiger partial charge on any atom is -0.494 e. The zero-order valence-electron chi connectivity index (χ0n) is 24.5. The van der Waals surface area contributed by atoms with Gasteiger partial charge in [0.1, 0.15) is 29.7 Å². The molecule has 4 rings (SSSR count). The first-order valence-electron chi connectivity index (χ1n) is 13.5. The molecule has 2 aliphatic heterocycles. The highest BCUT2D eigenvalue weighted by Crippen LogP contribution is 2.49. The summed E-state index contributed by atoms with van der Waals surface area (Å²) in [4.78, 5) is 0. The fraction of sp³-hybridized carbons (Fsp3) is 0.455. The molecular formula is C22H25ClO7. The molecule has 7 nitrogen and oxygen atoms in total. The molecule has 2 aromatic rings. The molecule has 2 aliphatic rings. The van der Waals surface area contributed by atoms with E-state index in [1.807, 2.05) is 0 Å². The number of hydrogen-bond donors (Lipinski definition) is 4. The van der Waals surface area contributed by atoms with Gasteiger partial charge in [0.25, 0.3) is 0 Å². The van der Waals surface area contributed by atoms with Crippen molar-refractivity contribution >= 4 is 11.6 Å². The predicted molar refractivity (Wildman–Crippen MR) is 108 cm³/mol. The summed E-state index contributed by atoms with van der Waals surface area (Å²) in [5.74, 6) is -2.88. The van der Waals surface area contributed by atoms with Crippen molar-refractivity contribution in [2.45, 2.75) is 43.0 Å². The Morgan fingerprint density at radius 2 is 2.03 bits per heavy atom.